The summed E-state index contributed by atoms with van der Waals surface area (Å²) in [6.45, 7) is 0. The molecule has 0 amide bonds. The third kappa shape index (κ3) is 4.16. The van der Waals surface area contributed by atoms with E-state index in [1.165, 1.54) is 12.1 Å². The number of hydrogen-bond acceptors (Lipinski definition) is 7. The highest BCUT2D eigenvalue weighted by atomic mass is 16.6. The predicted octanol–water partition coefficient (Wildman–Crippen LogP) is 4.51. The second-order valence-electron chi connectivity index (χ2n) is 6.03. The Kier molecular flexibility index (Phi) is 5.06. The van der Waals surface area contributed by atoms with Crippen LogP contribution in [0, 0.1) is 10.1 Å². The summed E-state index contributed by atoms with van der Waals surface area (Å²) in [5.74, 6) is 0.438. The maximum atomic E-state index is 11.0. The zero-order valence-electron chi connectivity index (χ0n) is 15.1. The maximum absolute atomic E-state index is 11.0. The fourth-order valence-corrected chi connectivity index (χ4v) is 2.66. The normalized spacial score (nSPS) is 11.2. The first-order chi connectivity index (χ1) is 14.2. The van der Waals surface area contributed by atoms with Gasteiger partial charge in [-0.1, -0.05) is 59.8 Å². The molecule has 1 heterocycles. The van der Waals surface area contributed by atoms with E-state index >= 15 is 0 Å². The predicted molar refractivity (Wildman–Crippen MR) is 109 cm³/mol. The van der Waals surface area contributed by atoms with Crippen LogP contribution in [0.15, 0.2) is 94.6 Å². The van der Waals surface area contributed by atoms with Gasteiger partial charge in [0.25, 0.3) is 11.6 Å². The number of nitrogens with one attached hydrogen (secondary N) is 1. The zero-order valence-corrected chi connectivity index (χ0v) is 15.1. The van der Waals surface area contributed by atoms with E-state index in [4.69, 9.17) is 4.52 Å². The highest BCUT2D eigenvalue weighted by Crippen LogP contribution is 2.23. The second kappa shape index (κ2) is 8.13. The standard InChI is InChI=1S/C21H15N5O3/c27-26(28)18-13-7-10-16(14-18)21-22-20(25-29-21)19(15-8-3-1-4-9-15)24-23-17-11-5-2-6-12-17/h1-14,23H/b24-19+. The van der Waals surface area contributed by atoms with Gasteiger partial charge in [-0.3, -0.25) is 15.5 Å². The Bertz CT molecular complexity index is 1160. The Morgan fingerprint density at radius 1 is 0.966 bits per heavy atom. The molecule has 29 heavy (non-hydrogen) atoms. The molecule has 3 aromatic carbocycles. The number of aromatic nitrogens is 2. The number of nitrogens with zero attached hydrogens (tertiary/aromatic N) is 4. The largest absolute Gasteiger partial charge is 0.334 e. The van der Waals surface area contributed by atoms with Gasteiger partial charge in [-0.05, 0) is 18.2 Å². The van der Waals surface area contributed by atoms with Gasteiger partial charge >= 0.3 is 0 Å². The topological polar surface area (TPSA) is 106 Å². The first-order valence-corrected chi connectivity index (χ1v) is 8.74. The molecule has 0 atom stereocenters. The van der Waals surface area contributed by atoms with Crippen molar-refractivity contribution in [3.63, 3.8) is 0 Å². The SMILES string of the molecule is O=[N+]([O-])c1cccc(-c2nc(/C(=N/Nc3ccccc3)c3ccccc3)no2)c1. The first kappa shape index (κ1) is 18.1. The van der Waals surface area contributed by atoms with Gasteiger partial charge in [0.15, 0.2) is 0 Å². The fraction of sp³-hybridized carbons (Fsp3) is 0. The first-order valence-electron chi connectivity index (χ1n) is 8.74. The Morgan fingerprint density at radius 2 is 1.69 bits per heavy atom. The third-order valence-electron chi connectivity index (χ3n) is 4.06. The van der Waals surface area contributed by atoms with Crippen LogP contribution in [-0.4, -0.2) is 20.8 Å². The average molecular weight is 385 g/mol. The molecule has 4 rings (SSSR count). The van der Waals surface area contributed by atoms with E-state index in [9.17, 15) is 10.1 Å². The lowest BCUT2D eigenvalue weighted by Crippen LogP contribution is -2.08. The van der Waals surface area contributed by atoms with Crippen LogP contribution in [-0.2, 0) is 0 Å². The molecule has 0 aliphatic carbocycles. The molecule has 142 valence electrons. The molecule has 0 fully saturated rings. The Balaban J connectivity index is 1.71. The summed E-state index contributed by atoms with van der Waals surface area (Å²) >= 11 is 0. The van der Waals surface area contributed by atoms with Gasteiger partial charge in [-0.25, -0.2) is 0 Å². The lowest BCUT2D eigenvalue weighted by Gasteiger charge is -2.04. The highest BCUT2D eigenvalue weighted by Gasteiger charge is 2.18. The molecule has 0 saturated carbocycles. The van der Waals surface area contributed by atoms with Crippen LogP contribution in [0.25, 0.3) is 11.5 Å². The van der Waals surface area contributed by atoms with Gasteiger partial charge in [0.1, 0.15) is 5.71 Å². The van der Waals surface area contributed by atoms with Crippen LogP contribution in [0.2, 0.25) is 0 Å². The summed E-state index contributed by atoms with van der Waals surface area (Å²) in [7, 11) is 0. The summed E-state index contributed by atoms with van der Waals surface area (Å²) in [6, 6.07) is 25.0. The van der Waals surface area contributed by atoms with Crippen molar-refractivity contribution in [2.45, 2.75) is 0 Å². The number of anilines is 1. The van der Waals surface area contributed by atoms with E-state index in [1.54, 1.807) is 12.1 Å². The molecule has 0 unspecified atom stereocenters. The number of hydrogen-bond donors (Lipinski definition) is 1. The Hall–Kier alpha value is -4.33. The van der Waals surface area contributed by atoms with E-state index in [0.29, 0.717) is 11.3 Å². The Morgan fingerprint density at radius 3 is 2.41 bits per heavy atom. The summed E-state index contributed by atoms with van der Waals surface area (Å²) in [6.07, 6.45) is 0. The van der Waals surface area contributed by atoms with Crippen LogP contribution in [0.3, 0.4) is 0 Å². The van der Waals surface area contributed by atoms with Crippen LogP contribution in [0.5, 0.6) is 0 Å². The second-order valence-corrected chi connectivity index (χ2v) is 6.03. The van der Waals surface area contributed by atoms with Gasteiger partial charge in [-0.2, -0.15) is 10.1 Å². The molecule has 1 N–H and O–H groups in total. The minimum Gasteiger partial charge on any atom is -0.334 e. The van der Waals surface area contributed by atoms with Gasteiger partial charge in [-0.15, -0.1) is 0 Å². The van der Waals surface area contributed by atoms with E-state index in [1.807, 2.05) is 60.7 Å². The number of rotatable bonds is 6. The van der Waals surface area contributed by atoms with Crippen LogP contribution in [0.1, 0.15) is 11.4 Å². The molecule has 4 aromatic rings. The molecule has 0 bridgehead atoms. The highest BCUT2D eigenvalue weighted by molar-refractivity contribution is 6.10. The van der Waals surface area contributed by atoms with E-state index in [-0.39, 0.29) is 17.4 Å². The number of nitro groups is 1. The molecule has 0 spiro atoms. The summed E-state index contributed by atoms with van der Waals surface area (Å²) < 4.78 is 5.35. The van der Waals surface area contributed by atoms with Crippen molar-refractivity contribution in [1.82, 2.24) is 10.1 Å². The van der Waals surface area contributed by atoms with E-state index < -0.39 is 4.92 Å². The van der Waals surface area contributed by atoms with Gasteiger partial charge in [0.2, 0.25) is 5.82 Å². The molecular formula is C21H15N5O3. The minimum atomic E-state index is -0.471. The molecule has 0 saturated heterocycles. The zero-order chi connectivity index (χ0) is 20.1. The van der Waals surface area contributed by atoms with Crippen molar-refractivity contribution in [1.29, 1.82) is 0 Å². The van der Waals surface area contributed by atoms with E-state index in [0.717, 1.165) is 11.3 Å². The quantitative estimate of drug-likeness (QED) is 0.297. The fourth-order valence-electron chi connectivity index (χ4n) is 2.66. The number of nitro benzene ring substituents is 1. The maximum Gasteiger partial charge on any atom is 0.270 e. The smallest absolute Gasteiger partial charge is 0.270 e. The molecular weight excluding hydrogens is 370 g/mol. The van der Waals surface area contributed by atoms with Crippen molar-refractivity contribution in [3.05, 3.63) is 106 Å². The summed E-state index contributed by atoms with van der Waals surface area (Å²) in [4.78, 5) is 14.9. The van der Waals surface area contributed by atoms with E-state index in [2.05, 4.69) is 20.7 Å². The lowest BCUT2D eigenvalue weighted by molar-refractivity contribution is -0.384. The van der Waals surface area contributed by atoms with Crippen molar-refractivity contribution < 1.29 is 9.45 Å². The molecule has 1 aromatic heterocycles. The minimum absolute atomic E-state index is 0.0510. The third-order valence-corrected chi connectivity index (χ3v) is 4.06. The molecule has 0 aliphatic heterocycles. The number of para-hydroxylation sites is 1. The number of hydrazone groups is 1. The molecule has 0 radical (unpaired) electrons. The summed E-state index contributed by atoms with van der Waals surface area (Å²) in [5.41, 5.74) is 5.48. The van der Waals surface area contributed by atoms with Gasteiger partial charge < -0.3 is 4.52 Å². The molecule has 8 nitrogen and oxygen atoms in total. The van der Waals surface area contributed by atoms with Crippen LogP contribution < -0.4 is 5.43 Å². The van der Waals surface area contributed by atoms with Gasteiger partial charge in [0, 0.05) is 23.3 Å². The average Bonchev–Trinajstić information content (AvgIpc) is 3.25. The Labute approximate surface area is 165 Å². The van der Waals surface area contributed by atoms with Gasteiger partial charge in [0.05, 0.1) is 10.6 Å². The number of non-ortho nitro benzene ring substituents is 1. The number of benzene rings is 3. The molecule has 0 aliphatic rings. The monoisotopic (exact) mass is 385 g/mol. The van der Waals surface area contributed by atoms with Crippen molar-refractivity contribution in [2.75, 3.05) is 5.43 Å². The molecule has 8 heteroatoms. The van der Waals surface area contributed by atoms with Crippen molar-refractivity contribution in [3.8, 4) is 11.5 Å². The lowest BCUT2D eigenvalue weighted by atomic mass is 10.1. The van der Waals surface area contributed by atoms with Crippen molar-refractivity contribution >= 4 is 17.1 Å². The van der Waals surface area contributed by atoms with Crippen LogP contribution >= 0.6 is 0 Å². The summed E-state index contributed by atoms with van der Waals surface area (Å²) in [5, 5.41) is 19.5. The van der Waals surface area contributed by atoms with Crippen molar-refractivity contribution in [2.24, 2.45) is 5.10 Å². The van der Waals surface area contributed by atoms with Crippen LogP contribution in [0.4, 0.5) is 11.4 Å².